The van der Waals surface area contributed by atoms with Crippen molar-refractivity contribution in [3.63, 3.8) is 0 Å². The first-order valence-electron chi connectivity index (χ1n) is 9.18. The molecule has 4 atom stereocenters. The zero-order valence-corrected chi connectivity index (χ0v) is 14.8. The van der Waals surface area contributed by atoms with Crippen LogP contribution in [0.25, 0.3) is 0 Å². The van der Waals surface area contributed by atoms with Gasteiger partial charge in [0.2, 0.25) is 0 Å². The molecule has 0 aromatic heterocycles. The van der Waals surface area contributed by atoms with Gasteiger partial charge in [-0.1, -0.05) is 37.3 Å². The van der Waals surface area contributed by atoms with Crippen molar-refractivity contribution in [3.05, 3.63) is 35.9 Å². The van der Waals surface area contributed by atoms with Crippen LogP contribution >= 0.6 is 0 Å². The van der Waals surface area contributed by atoms with Crippen LogP contribution in [-0.2, 0) is 15.9 Å². The summed E-state index contributed by atoms with van der Waals surface area (Å²) in [4.78, 5) is 0. The molecule has 2 fully saturated rings. The fourth-order valence-corrected chi connectivity index (χ4v) is 4.15. The second-order valence-corrected chi connectivity index (χ2v) is 7.60. The van der Waals surface area contributed by atoms with Gasteiger partial charge in [-0.3, -0.25) is 5.32 Å². The van der Waals surface area contributed by atoms with Gasteiger partial charge in [-0.05, 0) is 57.4 Å². The topological polar surface area (TPSA) is 30.5 Å². The Morgan fingerprint density at radius 1 is 1.22 bits per heavy atom. The van der Waals surface area contributed by atoms with E-state index in [1.165, 1.54) is 18.4 Å². The Morgan fingerprint density at radius 3 is 2.74 bits per heavy atom. The molecular formula is C20H31NO2. The summed E-state index contributed by atoms with van der Waals surface area (Å²) < 4.78 is 12.4. The minimum Gasteiger partial charge on any atom is -0.378 e. The second kappa shape index (κ2) is 7.33. The highest BCUT2D eigenvalue weighted by molar-refractivity contribution is 5.17. The fraction of sp³-hybridized carbons (Fsp3) is 0.700. The van der Waals surface area contributed by atoms with E-state index in [-0.39, 0.29) is 5.72 Å². The Bertz CT molecular complexity index is 488. The van der Waals surface area contributed by atoms with Crippen LogP contribution in [0.1, 0.15) is 52.0 Å². The largest absolute Gasteiger partial charge is 0.378 e. The zero-order chi connectivity index (χ0) is 16.3. The van der Waals surface area contributed by atoms with Gasteiger partial charge < -0.3 is 9.47 Å². The van der Waals surface area contributed by atoms with E-state index in [1.54, 1.807) is 0 Å². The van der Waals surface area contributed by atoms with E-state index in [9.17, 15) is 0 Å². The van der Waals surface area contributed by atoms with Crippen LogP contribution in [0.4, 0.5) is 0 Å². The maximum atomic E-state index is 6.40. The summed E-state index contributed by atoms with van der Waals surface area (Å²) in [7, 11) is 0. The van der Waals surface area contributed by atoms with Crippen molar-refractivity contribution < 1.29 is 9.47 Å². The Labute approximate surface area is 140 Å². The number of benzene rings is 1. The zero-order valence-electron chi connectivity index (χ0n) is 14.8. The summed E-state index contributed by atoms with van der Waals surface area (Å²) >= 11 is 0. The van der Waals surface area contributed by atoms with Gasteiger partial charge >= 0.3 is 0 Å². The molecule has 1 heterocycles. The highest BCUT2D eigenvalue weighted by Crippen LogP contribution is 2.38. The average Bonchev–Trinajstić information content (AvgIpc) is 3.10. The smallest absolute Gasteiger partial charge is 0.114 e. The number of rotatable bonds is 6. The quantitative estimate of drug-likeness (QED) is 0.862. The molecule has 23 heavy (non-hydrogen) atoms. The average molecular weight is 317 g/mol. The Kier molecular flexibility index (Phi) is 5.40. The summed E-state index contributed by atoms with van der Waals surface area (Å²) in [6.07, 6.45) is 6.42. The normalized spacial score (nSPS) is 33.2. The Balaban J connectivity index is 1.64. The predicted molar refractivity (Wildman–Crippen MR) is 93.4 cm³/mol. The van der Waals surface area contributed by atoms with Crippen molar-refractivity contribution in [2.75, 3.05) is 6.61 Å². The minimum absolute atomic E-state index is 0.230. The molecule has 2 aliphatic rings. The van der Waals surface area contributed by atoms with E-state index in [0.29, 0.717) is 24.2 Å². The van der Waals surface area contributed by atoms with Crippen molar-refractivity contribution in [2.24, 2.45) is 5.92 Å². The lowest BCUT2D eigenvalue weighted by molar-refractivity contribution is -0.0512. The van der Waals surface area contributed by atoms with Gasteiger partial charge in [0.05, 0.1) is 12.2 Å². The molecule has 0 unspecified atom stereocenters. The SMILES string of the molecule is CCCO[C@H]1CC[C@@H]([C@H]2OC(C)(C)N[C@H]2Cc2ccccc2)C1. The lowest BCUT2D eigenvalue weighted by atomic mass is 9.91. The molecule has 1 saturated heterocycles. The van der Waals surface area contributed by atoms with Crippen molar-refractivity contribution in [2.45, 2.75) is 76.9 Å². The van der Waals surface area contributed by atoms with Crippen LogP contribution in [0.2, 0.25) is 0 Å². The van der Waals surface area contributed by atoms with Gasteiger partial charge in [0.15, 0.2) is 0 Å². The Hall–Kier alpha value is -0.900. The molecule has 0 spiro atoms. The Morgan fingerprint density at radius 2 is 2.00 bits per heavy atom. The third-order valence-corrected chi connectivity index (χ3v) is 5.11. The van der Waals surface area contributed by atoms with E-state index in [1.807, 2.05) is 0 Å². The maximum Gasteiger partial charge on any atom is 0.114 e. The molecule has 128 valence electrons. The van der Waals surface area contributed by atoms with Crippen LogP contribution in [0, 0.1) is 5.92 Å². The fourth-order valence-electron chi connectivity index (χ4n) is 4.15. The first-order valence-corrected chi connectivity index (χ1v) is 9.18. The van der Waals surface area contributed by atoms with Gasteiger partial charge in [0.1, 0.15) is 5.72 Å². The third-order valence-electron chi connectivity index (χ3n) is 5.11. The van der Waals surface area contributed by atoms with Gasteiger partial charge in [-0.25, -0.2) is 0 Å². The van der Waals surface area contributed by atoms with Crippen molar-refractivity contribution >= 4 is 0 Å². The van der Waals surface area contributed by atoms with E-state index in [2.05, 4.69) is 56.4 Å². The third kappa shape index (κ3) is 4.34. The molecule has 1 N–H and O–H groups in total. The minimum atomic E-state index is -0.230. The number of nitrogens with one attached hydrogen (secondary N) is 1. The number of hydrogen-bond donors (Lipinski definition) is 1. The second-order valence-electron chi connectivity index (χ2n) is 7.60. The van der Waals surface area contributed by atoms with Crippen molar-refractivity contribution in [3.8, 4) is 0 Å². The van der Waals surface area contributed by atoms with E-state index >= 15 is 0 Å². The van der Waals surface area contributed by atoms with Crippen LogP contribution in [0.5, 0.6) is 0 Å². The van der Waals surface area contributed by atoms with Crippen LogP contribution in [0.15, 0.2) is 30.3 Å². The number of ether oxygens (including phenoxy) is 2. The molecule has 1 aromatic carbocycles. The number of hydrogen-bond acceptors (Lipinski definition) is 3. The molecule has 3 nitrogen and oxygen atoms in total. The molecule has 3 heteroatoms. The standard InChI is InChI=1S/C20H31NO2/c1-4-12-22-17-11-10-16(14-17)19-18(21-20(2,3)23-19)13-15-8-6-5-7-9-15/h5-9,16-19,21H,4,10-14H2,1-3H3/t16-,17+,18+,19-/m1/s1. The van der Waals surface area contributed by atoms with Crippen molar-refractivity contribution in [1.29, 1.82) is 0 Å². The molecule has 1 aliphatic carbocycles. The first kappa shape index (κ1) is 16.9. The predicted octanol–water partition coefficient (Wildman–Crippen LogP) is 3.92. The molecule has 1 saturated carbocycles. The van der Waals surface area contributed by atoms with E-state index < -0.39 is 0 Å². The maximum absolute atomic E-state index is 6.40. The molecule has 0 bridgehead atoms. The summed E-state index contributed by atoms with van der Waals surface area (Å²) in [6, 6.07) is 11.1. The molecule has 1 aromatic rings. The summed E-state index contributed by atoms with van der Waals surface area (Å²) in [5, 5.41) is 3.70. The lowest BCUT2D eigenvalue weighted by Crippen LogP contribution is -2.41. The van der Waals surface area contributed by atoms with E-state index in [0.717, 1.165) is 25.9 Å². The highest BCUT2D eigenvalue weighted by Gasteiger charge is 2.45. The molecular weight excluding hydrogens is 286 g/mol. The lowest BCUT2D eigenvalue weighted by Gasteiger charge is -2.24. The van der Waals surface area contributed by atoms with Crippen LogP contribution < -0.4 is 5.32 Å². The molecule has 0 amide bonds. The van der Waals surface area contributed by atoms with E-state index in [4.69, 9.17) is 9.47 Å². The van der Waals surface area contributed by atoms with Gasteiger partial charge in [0.25, 0.3) is 0 Å². The summed E-state index contributed by atoms with van der Waals surface area (Å²) in [5.74, 6) is 0.611. The molecule has 1 aliphatic heterocycles. The molecule has 0 radical (unpaired) electrons. The molecule has 3 rings (SSSR count). The monoisotopic (exact) mass is 317 g/mol. The summed E-state index contributed by atoms with van der Waals surface area (Å²) in [5.41, 5.74) is 1.15. The van der Waals surface area contributed by atoms with Gasteiger partial charge in [0, 0.05) is 12.6 Å². The van der Waals surface area contributed by atoms with Crippen LogP contribution in [0.3, 0.4) is 0 Å². The van der Waals surface area contributed by atoms with Crippen molar-refractivity contribution in [1.82, 2.24) is 5.32 Å². The first-order chi connectivity index (χ1) is 11.1. The van der Waals surface area contributed by atoms with Gasteiger partial charge in [-0.2, -0.15) is 0 Å². The summed E-state index contributed by atoms with van der Waals surface area (Å²) in [6.45, 7) is 7.35. The van der Waals surface area contributed by atoms with Crippen LogP contribution in [-0.4, -0.2) is 30.6 Å². The van der Waals surface area contributed by atoms with Gasteiger partial charge in [-0.15, -0.1) is 0 Å². The highest BCUT2D eigenvalue weighted by atomic mass is 16.5.